The van der Waals surface area contributed by atoms with Crippen LogP contribution in [-0.2, 0) is 0 Å². The first-order chi connectivity index (χ1) is 9.87. The largest absolute Gasteiger partial charge is 0.0596 e. The van der Waals surface area contributed by atoms with Gasteiger partial charge in [0.1, 0.15) is 0 Å². The van der Waals surface area contributed by atoms with E-state index in [-0.39, 0.29) is 0 Å². The standard InChI is InChI=1S/C12H20.C9H16/c1-12(2)7-8-6-11(12)10-5-3-4-9(8)10;1-9(2)6-7-3-4-8(9)5-7/h8-11H,3-7H2,1-2H3;7-8H,3-6H2,1-2H3. The van der Waals surface area contributed by atoms with Gasteiger partial charge < -0.3 is 0 Å². The Morgan fingerprint density at radius 1 is 0.714 bits per heavy atom. The summed E-state index contributed by atoms with van der Waals surface area (Å²) in [7, 11) is 0. The Kier molecular flexibility index (Phi) is 3.30. The van der Waals surface area contributed by atoms with Crippen LogP contribution in [0.15, 0.2) is 0 Å². The van der Waals surface area contributed by atoms with E-state index in [0.29, 0.717) is 10.8 Å². The minimum Gasteiger partial charge on any atom is -0.0596 e. The van der Waals surface area contributed by atoms with Crippen LogP contribution in [0.5, 0.6) is 0 Å². The molecular weight excluding hydrogens is 252 g/mol. The number of hydrogen-bond acceptors (Lipinski definition) is 0. The summed E-state index contributed by atoms with van der Waals surface area (Å²) in [6.07, 6.45) is 13.9. The molecule has 0 nitrogen and oxygen atoms in total. The van der Waals surface area contributed by atoms with Crippen LogP contribution in [0.1, 0.15) is 85.5 Å². The highest BCUT2D eigenvalue weighted by atomic mass is 14.6. The van der Waals surface area contributed by atoms with Crippen molar-refractivity contribution >= 4 is 0 Å². The zero-order valence-corrected chi connectivity index (χ0v) is 14.8. The SMILES string of the molecule is CC1(C)CC2CC1C1CCCC21.CC1(C)CC2CCC1C2. The molecule has 6 unspecified atom stereocenters. The van der Waals surface area contributed by atoms with E-state index < -0.39 is 0 Å². The maximum absolute atomic E-state index is 2.51. The van der Waals surface area contributed by atoms with Gasteiger partial charge in [-0.2, -0.15) is 0 Å². The van der Waals surface area contributed by atoms with Crippen LogP contribution in [0.4, 0.5) is 0 Å². The molecule has 5 saturated carbocycles. The molecule has 120 valence electrons. The molecule has 0 saturated heterocycles. The second kappa shape index (κ2) is 4.75. The fourth-order valence-corrected chi connectivity index (χ4v) is 7.62. The Morgan fingerprint density at radius 2 is 1.48 bits per heavy atom. The van der Waals surface area contributed by atoms with Gasteiger partial charge in [0.2, 0.25) is 0 Å². The predicted molar refractivity (Wildman–Crippen MR) is 90.1 cm³/mol. The van der Waals surface area contributed by atoms with Crippen molar-refractivity contribution < 1.29 is 0 Å². The first-order valence-electron chi connectivity index (χ1n) is 9.87. The molecule has 5 aliphatic carbocycles. The van der Waals surface area contributed by atoms with E-state index in [1.54, 1.807) is 38.5 Å². The lowest BCUT2D eigenvalue weighted by Crippen LogP contribution is -2.30. The van der Waals surface area contributed by atoms with Gasteiger partial charge in [0, 0.05) is 0 Å². The third-order valence-electron chi connectivity index (χ3n) is 8.56. The smallest absolute Gasteiger partial charge is 0.0320 e. The molecule has 0 spiro atoms. The van der Waals surface area contributed by atoms with Gasteiger partial charge in [-0.1, -0.05) is 40.5 Å². The fourth-order valence-electron chi connectivity index (χ4n) is 7.62. The third kappa shape index (κ3) is 2.31. The Hall–Kier alpha value is 0. The monoisotopic (exact) mass is 288 g/mol. The molecule has 0 aromatic heterocycles. The number of hydrogen-bond donors (Lipinski definition) is 0. The first-order valence-corrected chi connectivity index (χ1v) is 9.87. The molecule has 5 rings (SSSR count). The van der Waals surface area contributed by atoms with E-state index in [1.807, 2.05) is 0 Å². The lowest BCUT2D eigenvalue weighted by Gasteiger charge is -2.37. The average molecular weight is 289 g/mol. The van der Waals surface area contributed by atoms with Gasteiger partial charge in [0.25, 0.3) is 0 Å². The molecule has 21 heavy (non-hydrogen) atoms. The maximum atomic E-state index is 2.51. The van der Waals surface area contributed by atoms with Crippen molar-refractivity contribution in [3.8, 4) is 0 Å². The Bertz CT molecular complexity index is 404. The highest BCUT2D eigenvalue weighted by Crippen LogP contribution is 2.65. The molecule has 0 heteroatoms. The molecular formula is C21H36. The summed E-state index contributed by atoms with van der Waals surface area (Å²) < 4.78 is 0. The molecule has 5 aliphatic rings. The zero-order valence-electron chi connectivity index (χ0n) is 14.8. The minimum atomic E-state index is 0.705. The van der Waals surface area contributed by atoms with Gasteiger partial charge in [0.15, 0.2) is 0 Å². The zero-order chi connectivity index (χ0) is 14.8. The molecule has 5 fully saturated rings. The molecule has 0 aromatic rings. The third-order valence-corrected chi connectivity index (χ3v) is 8.56. The normalized spacial score (nSPS) is 50.9. The fraction of sp³-hybridized carbons (Fsp3) is 1.00. The van der Waals surface area contributed by atoms with Crippen molar-refractivity contribution in [3.05, 3.63) is 0 Å². The topological polar surface area (TPSA) is 0 Å². The minimum absolute atomic E-state index is 0.705. The van der Waals surface area contributed by atoms with E-state index in [2.05, 4.69) is 27.7 Å². The van der Waals surface area contributed by atoms with Crippen LogP contribution in [0.3, 0.4) is 0 Å². The van der Waals surface area contributed by atoms with Gasteiger partial charge in [-0.15, -0.1) is 0 Å². The van der Waals surface area contributed by atoms with Gasteiger partial charge in [-0.05, 0) is 91.3 Å². The van der Waals surface area contributed by atoms with Crippen LogP contribution < -0.4 is 0 Å². The van der Waals surface area contributed by atoms with Crippen LogP contribution in [0.2, 0.25) is 0 Å². The Balaban J connectivity index is 0.000000115. The molecule has 0 heterocycles. The highest BCUT2D eigenvalue weighted by Gasteiger charge is 2.56. The average Bonchev–Trinajstić information content (AvgIpc) is 3.07. The summed E-state index contributed by atoms with van der Waals surface area (Å²) in [5, 5.41) is 0. The van der Waals surface area contributed by atoms with Gasteiger partial charge in [0.05, 0.1) is 0 Å². The molecule has 0 aliphatic heterocycles. The summed E-state index contributed by atoms with van der Waals surface area (Å²) in [6.45, 7) is 9.89. The predicted octanol–water partition coefficient (Wildman–Crippen LogP) is 6.30. The van der Waals surface area contributed by atoms with Crippen LogP contribution in [-0.4, -0.2) is 0 Å². The maximum Gasteiger partial charge on any atom is -0.0320 e. The van der Waals surface area contributed by atoms with Gasteiger partial charge in [-0.3, -0.25) is 0 Å². The molecule has 0 radical (unpaired) electrons. The van der Waals surface area contributed by atoms with Crippen LogP contribution in [0.25, 0.3) is 0 Å². The van der Waals surface area contributed by atoms with Crippen molar-refractivity contribution in [2.45, 2.75) is 85.5 Å². The van der Waals surface area contributed by atoms with E-state index in [4.69, 9.17) is 0 Å². The van der Waals surface area contributed by atoms with Gasteiger partial charge >= 0.3 is 0 Å². The second-order valence-corrected chi connectivity index (χ2v) is 10.6. The molecule has 0 amide bonds. The Morgan fingerprint density at radius 3 is 2.05 bits per heavy atom. The lowest BCUT2D eigenvalue weighted by molar-refractivity contribution is 0.118. The molecule has 4 bridgehead atoms. The summed E-state index contributed by atoms with van der Waals surface area (Å²) in [4.78, 5) is 0. The molecule has 0 aromatic carbocycles. The number of fused-ring (bicyclic) bond motifs is 7. The first kappa shape index (κ1) is 14.6. The van der Waals surface area contributed by atoms with Crippen LogP contribution >= 0.6 is 0 Å². The lowest BCUT2D eigenvalue weighted by atomic mass is 9.68. The summed E-state index contributed by atoms with van der Waals surface area (Å²) in [5.41, 5.74) is 1.42. The van der Waals surface area contributed by atoms with Gasteiger partial charge in [-0.25, -0.2) is 0 Å². The highest BCUT2D eigenvalue weighted by molar-refractivity contribution is 5.06. The van der Waals surface area contributed by atoms with E-state index >= 15 is 0 Å². The molecule has 6 atom stereocenters. The van der Waals surface area contributed by atoms with Crippen molar-refractivity contribution in [1.29, 1.82) is 0 Å². The summed E-state index contributed by atoms with van der Waals surface area (Å²) >= 11 is 0. The van der Waals surface area contributed by atoms with E-state index in [9.17, 15) is 0 Å². The van der Waals surface area contributed by atoms with Crippen molar-refractivity contribution in [1.82, 2.24) is 0 Å². The van der Waals surface area contributed by atoms with Crippen LogP contribution in [0, 0.1) is 46.3 Å². The quantitative estimate of drug-likeness (QED) is 0.490. The van der Waals surface area contributed by atoms with Crippen molar-refractivity contribution in [3.63, 3.8) is 0 Å². The summed E-state index contributed by atoms with van der Waals surface area (Å²) in [5.74, 6) is 6.77. The number of rotatable bonds is 0. The summed E-state index contributed by atoms with van der Waals surface area (Å²) in [6, 6.07) is 0. The van der Waals surface area contributed by atoms with E-state index in [0.717, 1.165) is 29.6 Å². The van der Waals surface area contributed by atoms with Crippen molar-refractivity contribution in [2.75, 3.05) is 0 Å². The second-order valence-electron chi connectivity index (χ2n) is 10.6. The van der Waals surface area contributed by atoms with E-state index in [1.165, 1.54) is 25.2 Å². The van der Waals surface area contributed by atoms with Crippen molar-refractivity contribution in [2.24, 2.45) is 46.3 Å². The Labute approximate surface area is 132 Å². The molecule has 0 N–H and O–H groups in total.